The van der Waals surface area contributed by atoms with E-state index in [0.29, 0.717) is 18.1 Å². The SMILES string of the molecule is CC1CS(=O)(=O)CCN1c1ccc(Cl)cc1CN. The summed E-state index contributed by atoms with van der Waals surface area (Å²) in [6.07, 6.45) is 0. The molecule has 0 aliphatic carbocycles. The molecule has 0 aromatic heterocycles. The lowest BCUT2D eigenvalue weighted by atomic mass is 10.1. The van der Waals surface area contributed by atoms with E-state index in [2.05, 4.69) is 4.90 Å². The van der Waals surface area contributed by atoms with E-state index in [-0.39, 0.29) is 17.5 Å². The van der Waals surface area contributed by atoms with E-state index in [1.54, 1.807) is 0 Å². The van der Waals surface area contributed by atoms with Crippen molar-refractivity contribution >= 4 is 27.1 Å². The molecule has 1 saturated heterocycles. The van der Waals surface area contributed by atoms with Crippen molar-refractivity contribution in [3.63, 3.8) is 0 Å². The fourth-order valence-corrected chi connectivity index (χ4v) is 4.11. The predicted octanol–water partition coefficient (Wildman–Crippen LogP) is 1.42. The fraction of sp³-hybridized carbons (Fsp3) is 0.500. The van der Waals surface area contributed by atoms with E-state index >= 15 is 0 Å². The molecule has 1 aromatic carbocycles. The molecule has 2 N–H and O–H groups in total. The van der Waals surface area contributed by atoms with E-state index in [0.717, 1.165) is 11.3 Å². The van der Waals surface area contributed by atoms with Crippen molar-refractivity contribution in [2.24, 2.45) is 5.73 Å². The third-order valence-corrected chi connectivity index (χ3v) is 5.27. The van der Waals surface area contributed by atoms with Gasteiger partial charge in [-0.3, -0.25) is 0 Å². The maximum absolute atomic E-state index is 11.6. The molecule has 1 heterocycles. The molecule has 4 nitrogen and oxygen atoms in total. The standard InChI is InChI=1S/C12H17ClN2O2S/c1-9-8-18(16,17)5-4-15(9)12-3-2-11(13)6-10(12)7-14/h2-3,6,9H,4-5,7-8,14H2,1H3. The van der Waals surface area contributed by atoms with Gasteiger partial charge in [0.1, 0.15) is 0 Å². The number of hydrogen-bond donors (Lipinski definition) is 1. The van der Waals surface area contributed by atoms with Crippen LogP contribution in [0.3, 0.4) is 0 Å². The zero-order valence-electron chi connectivity index (χ0n) is 10.3. The van der Waals surface area contributed by atoms with Gasteiger partial charge in [0.2, 0.25) is 0 Å². The van der Waals surface area contributed by atoms with Gasteiger partial charge in [0.15, 0.2) is 9.84 Å². The van der Waals surface area contributed by atoms with Crippen molar-refractivity contribution in [3.05, 3.63) is 28.8 Å². The molecule has 2 rings (SSSR count). The van der Waals surface area contributed by atoms with Crippen molar-refractivity contribution in [1.29, 1.82) is 0 Å². The number of halogens is 1. The molecule has 1 unspecified atom stereocenters. The normalized spacial score (nSPS) is 23.1. The van der Waals surface area contributed by atoms with Crippen molar-refractivity contribution < 1.29 is 8.42 Å². The topological polar surface area (TPSA) is 63.4 Å². The second-order valence-electron chi connectivity index (χ2n) is 4.63. The van der Waals surface area contributed by atoms with Crippen molar-refractivity contribution in [2.45, 2.75) is 19.5 Å². The Bertz CT molecular complexity index is 545. The lowest BCUT2D eigenvalue weighted by Crippen LogP contribution is -2.47. The van der Waals surface area contributed by atoms with Crippen LogP contribution in [0.25, 0.3) is 0 Å². The Kier molecular flexibility index (Phi) is 3.84. The maximum atomic E-state index is 11.6. The van der Waals surface area contributed by atoms with Gasteiger partial charge in [0, 0.05) is 29.8 Å². The number of benzene rings is 1. The maximum Gasteiger partial charge on any atom is 0.154 e. The first kappa shape index (κ1) is 13.6. The minimum atomic E-state index is -2.90. The Morgan fingerprint density at radius 1 is 1.50 bits per heavy atom. The van der Waals surface area contributed by atoms with Gasteiger partial charge in [-0.25, -0.2) is 8.42 Å². The average Bonchev–Trinajstić information content (AvgIpc) is 2.29. The molecule has 1 fully saturated rings. The van der Waals surface area contributed by atoms with Crippen LogP contribution in [0.4, 0.5) is 5.69 Å². The van der Waals surface area contributed by atoms with Gasteiger partial charge in [-0.2, -0.15) is 0 Å². The lowest BCUT2D eigenvalue weighted by molar-refractivity contribution is 0.568. The number of hydrogen-bond acceptors (Lipinski definition) is 4. The summed E-state index contributed by atoms with van der Waals surface area (Å²) in [5.74, 6) is 0.392. The van der Waals surface area contributed by atoms with Crippen LogP contribution in [-0.2, 0) is 16.4 Å². The highest BCUT2D eigenvalue weighted by Crippen LogP contribution is 2.27. The van der Waals surface area contributed by atoms with Gasteiger partial charge in [0.25, 0.3) is 0 Å². The molecule has 0 spiro atoms. The lowest BCUT2D eigenvalue weighted by Gasteiger charge is -2.36. The zero-order valence-corrected chi connectivity index (χ0v) is 11.8. The highest BCUT2D eigenvalue weighted by atomic mass is 35.5. The van der Waals surface area contributed by atoms with Crippen molar-refractivity contribution in [1.82, 2.24) is 0 Å². The Morgan fingerprint density at radius 2 is 2.22 bits per heavy atom. The monoisotopic (exact) mass is 288 g/mol. The molecular weight excluding hydrogens is 272 g/mol. The van der Waals surface area contributed by atoms with E-state index in [9.17, 15) is 8.42 Å². The van der Waals surface area contributed by atoms with Crippen LogP contribution in [-0.4, -0.2) is 32.5 Å². The second-order valence-corrected chi connectivity index (χ2v) is 7.30. The molecule has 0 bridgehead atoms. The molecule has 18 heavy (non-hydrogen) atoms. The van der Waals surface area contributed by atoms with Crippen LogP contribution in [0.15, 0.2) is 18.2 Å². The van der Waals surface area contributed by atoms with E-state index in [4.69, 9.17) is 17.3 Å². The number of anilines is 1. The molecule has 0 radical (unpaired) electrons. The zero-order chi connectivity index (χ0) is 13.3. The molecule has 0 saturated carbocycles. The molecule has 6 heteroatoms. The molecular formula is C12H17ClN2O2S. The molecule has 1 atom stereocenters. The van der Waals surface area contributed by atoms with Crippen LogP contribution < -0.4 is 10.6 Å². The van der Waals surface area contributed by atoms with Crippen molar-refractivity contribution in [3.8, 4) is 0 Å². The van der Waals surface area contributed by atoms with E-state index < -0.39 is 9.84 Å². The first-order valence-corrected chi connectivity index (χ1v) is 8.08. The Balaban J connectivity index is 2.32. The quantitative estimate of drug-likeness (QED) is 0.894. The number of rotatable bonds is 2. The van der Waals surface area contributed by atoms with Crippen molar-refractivity contribution in [2.75, 3.05) is 23.0 Å². The van der Waals surface area contributed by atoms with Gasteiger partial charge < -0.3 is 10.6 Å². The number of sulfone groups is 1. The minimum Gasteiger partial charge on any atom is -0.367 e. The summed E-state index contributed by atoms with van der Waals surface area (Å²) in [6, 6.07) is 5.53. The Hall–Kier alpha value is -0.780. The van der Waals surface area contributed by atoms with Crippen LogP contribution in [0, 0.1) is 0 Å². The molecule has 1 aliphatic rings. The third-order valence-electron chi connectivity index (χ3n) is 3.24. The van der Waals surface area contributed by atoms with E-state index in [1.165, 1.54) is 0 Å². The predicted molar refractivity (Wildman–Crippen MR) is 74.8 cm³/mol. The first-order valence-electron chi connectivity index (χ1n) is 5.88. The van der Waals surface area contributed by atoms with Gasteiger partial charge in [-0.15, -0.1) is 0 Å². The number of nitrogens with two attached hydrogens (primary N) is 1. The van der Waals surface area contributed by atoms with Crippen LogP contribution in [0.1, 0.15) is 12.5 Å². The average molecular weight is 289 g/mol. The largest absolute Gasteiger partial charge is 0.367 e. The first-order chi connectivity index (χ1) is 8.43. The summed E-state index contributed by atoms with van der Waals surface area (Å²) in [7, 11) is -2.90. The number of nitrogens with zero attached hydrogens (tertiary/aromatic N) is 1. The molecule has 100 valence electrons. The summed E-state index contributed by atoms with van der Waals surface area (Å²) in [6.45, 7) is 2.83. The van der Waals surface area contributed by atoms with Crippen LogP contribution >= 0.6 is 11.6 Å². The van der Waals surface area contributed by atoms with Gasteiger partial charge in [-0.05, 0) is 30.7 Å². The summed E-state index contributed by atoms with van der Waals surface area (Å²) < 4.78 is 23.1. The van der Waals surface area contributed by atoms with Crippen LogP contribution in [0.2, 0.25) is 5.02 Å². The second kappa shape index (κ2) is 5.07. The minimum absolute atomic E-state index is 0.0322. The highest BCUT2D eigenvalue weighted by Gasteiger charge is 2.29. The molecule has 0 amide bonds. The van der Waals surface area contributed by atoms with Gasteiger partial charge >= 0.3 is 0 Å². The van der Waals surface area contributed by atoms with Gasteiger partial charge in [0.05, 0.1) is 11.5 Å². The third kappa shape index (κ3) is 2.79. The Labute approximate surface area is 113 Å². The highest BCUT2D eigenvalue weighted by molar-refractivity contribution is 7.91. The van der Waals surface area contributed by atoms with Crippen LogP contribution in [0.5, 0.6) is 0 Å². The summed E-state index contributed by atoms with van der Waals surface area (Å²) in [5.41, 5.74) is 7.66. The summed E-state index contributed by atoms with van der Waals surface area (Å²) in [4.78, 5) is 2.10. The van der Waals surface area contributed by atoms with Gasteiger partial charge in [-0.1, -0.05) is 11.6 Å². The Morgan fingerprint density at radius 3 is 2.83 bits per heavy atom. The fourth-order valence-electron chi connectivity index (χ4n) is 2.35. The molecule has 1 aliphatic heterocycles. The molecule has 1 aromatic rings. The smallest absolute Gasteiger partial charge is 0.154 e. The summed E-state index contributed by atoms with van der Waals surface area (Å²) >= 11 is 5.95. The van der Waals surface area contributed by atoms with E-state index in [1.807, 2.05) is 25.1 Å². The summed E-state index contributed by atoms with van der Waals surface area (Å²) in [5, 5.41) is 0.650.